The lowest BCUT2D eigenvalue weighted by molar-refractivity contribution is -0.187. The van der Waals surface area contributed by atoms with Gasteiger partial charge in [-0.25, -0.2) is 17.9 Å². The predicted molar refractivity (Wildman–Crippen MR) is 102 cm³/mol. The van der Waals surface area contributed by atoms with E-state index in [4.69, 9.17) is 4.74 Å². The van der Waals surface area contributed by atoms with Crippen LogP contribution in [0.3, 0.4) is 0 Å². The summed E-state index contributed by atoms with van der Waals surface area (Å²) in [6, 6.07) is 12.2. The summed E-state index contributed by atoms with van der Waals surface area (Å²) >= 11 is 0. The van der Waals surface area contributed by atoms with E-state index in [9.17, 15) is 26.4 Å². The molecule has 6 nitrogen and oxygen atoms in total. The minimum Gasteiger partial charge on any atom is -0.475 e. The van der Waals surface area contributed by atoms with Gasteiger partial charge in [-0.1, -0.05) is 30.3 Å². The summed E-state index contributed by atoms with van der Waals surface area (Å²) in [5.74, 6) is -1.37. The van der Waals surface area contributed by atoms with E-state index in [0.717, 1.165) is 29.8 Å². The molecule has 1 unspecified atom stereocenters. The van der Waals surface area contributed by atoms with Crippen molar-refractivity contribution in [3.63, 3.8) is 0 Å². The Kier molecular flexibility index (Phi) is 6.18. The van der Waals surface area contributed by atoms with E-state index < -0.39 is 33.8 Å². The highest BCUT2D eigenvalue weighted by molar-refractivity contribution is 7.89. The fourth-order valence-corrected chi connectivity index (χ4v) is 3.88. The zero-order valence-corrected chi connectivity index (χ0v) is 16.6. The van der Waals surface area contributed by atoms with Gasteiger partial charge in [-0.3, -0.25) is 0 Å². The van der Waals surface area contributed by atoms with Crippen LogP contribution < -0.4 is 9.46 Å². The molecular formula is C20H18F3NO5S. The number of ether oxygens (including phenoxy) is 2. The molecule has 0 spiro atoms. The molecule has 0 saturated heterocycles. The molecule has 0 fully saturated rings. The Morgan fingerprint density at radius 1 is 1.17 bits per heavy atom. The average Bonchev–Trinajstić information content (AvgIpc) is 2.71. The van der Waals surface area contributed by atoms with Gasteiger partial charge in [0.05, 0.1) is 17.1 Å². The second-order valence-corrected chi connectivity index (χ2v) is 8.14. The third-order valence-corrected chi connectivity index (χ3v) is 5.65. The van der Waals surface area contributed by atoms with E-state index in [2.05, 4.69) is 9.46 Å². The Hall–Kier alpha value is -2.85. The molecule has 10 heteroatoms. The van der Waals surface area contributed by atoms with Gasteiger partial charge in [0.25, 0.3) is 0 Å². The molecule has 30 heavy (non-hydrogen) atoms. The number of benzene rings is 2. The van der Waals surface area contributed by atoms with Crippen LogP contribution in [0.2, 0.25) is 0 Å². The Bertz CT molecular complexity index is 1070. The molecule has 1 atom stereocenters. The van der Waals surface area contributed by atoms with E-state index in [1.165, 1.54) is 6.92 Å². The van der Waals surface area contributed by atoms with Crippen molar-refractivity contribution in [2.24, 2.45) is 0 Å². The largest absolute Gasteiger partial charge is 0.475 e. The molecule has 2 aromatic rings. The Balaban J connectivity index is 1.92. The normalized spacial score (nSPS) is 16.3. The minimum absolute atomic E-state index is 0.0288. The lowest BCUT2D eigenvalue weighted by atomic mass is 10.0. The lowest BCUT2D eigenvalue weighted by Crippen LogP contribution is -2.40. The summed E-state index contributed by atoms with van der Waals surface area (Å²) in [6.07, 6.45) is -6.40. The average molecular weight is 441 g/mol. The predicted octanol–water partition coefficient (Wildman–Crippen LogP) is 3.43. The van der Waals surface area contributed by atoms with E-state index in [1.807, 2.05) is 0 Å². The lowest BCUT2D eigenvalue weighted by Gasteiger charge is -2.28. The summed E-state index contributed by atoms with van der Waals surface area (Å²) in [4.78, 5) is 11.8. The molecule has 0 aliphatic carbocycles. The second-order valence-electron chi connectivity index (χ2n) is 6.37. The molecule has 0 saturated carbocycles. The fourth-order valence-electron chi connectivity index (χ4n) is 2.83. The monoisotopic (exact) mass is 441 g/mol. The van der Waals surface area contributed by atoms with E-state index >= 15 is 0 Å². The van der Waals surface area contributed by atoms with Crippen molar-refractivity contribution in [1.82, 2.24) is 4.72 Å². The Labute approximate surface area is 171 Å². The summed E-state index contributed by atoms with van der Waals surface area (Å²) in [6.45, 7) is 1.38. The quantitative estimate of drug-likeness (QED) is 0.695. The molecule has 1 N–H and O–H groups in total. The van der Waals surface area contributed by atoms with E-state index in [0.29, 0.717) is 0 Å². The van der Waals surface area contributed by atoms with Crippen LogP contribution >= 0.6 is 0 Å². The highest BCUT2D eigenvalue weighted by Gasteiger charge is 2.48. The van der Waals surface area contributed by atoms with Crippen LogP contribution in [0.15, 0.2) is 59.0 Å². The number of sulfonamides is 1. The molecule has 3 rings (SSSR count). The Morgan fingerprint density at radius 3 is 2.50 bits per heavy atom. The molecule has 0 bridgehead atoms. The molecule has 1 heterocycles. The third kappa shape index (κ3) is 4.82. The van der Waals surface area contributed by atoms with Gasteiger partial charge in [-0.05, 0) is 36.8 Å². The van der Waals surface area contributed by atoms with Gasteiger partial charge in [0.2, 0.25) is 16.1 Å². The van der Waals surface area contributed by atoms with Gasteiger partial charge in [-0.2, -0.15) is 13.2 Å². The van der Waals surface area contributed by atoms with Crippen LogP contribution in [-0.4, -0.2) is 33.3 Å². The van der Waals surface area contributed by atoms with E-state index in [-0.39, 0.29) is 29.4 Å². The molecule has 1 aliphatic rings. The summed E-state index contributed by atoms with van der Waals surface area (Å²) < 4.78 is 77.3. The van der Waals surface area contributed by atoms with Crippen molar-refractivity contribution in [3.8, 4) is 5.75 Å². The van der Waals surface area contributed by atoms with Crippen LogP contribution in [-0.2, 0) is 26.1 Å². The van der Waals surface area contributed by atoms with Gasteiger partial charge in [0, 0.05) is 12.1 Å². The highest BCUT2D eigenvalue weighted by Crippen LogP contribution is 2.38. The zero-order chi connectivity index (χ0) is 21.9. The molecule has 0 amide bonds. The topological polar surface area (TPSA) is 81.7 Å². The maximum Gasteiger partial charge on any atom is 0.430 e. The van der Waals surface area contributed by atoms with Gasteiger partial charge < -0.3 is 9.47 Å². The SMILES string of the molecule is CCOC(=O)C1=Cc2cc(S(=O)(=O)NCc3ccccc3)ccc2OC1C(F)(F)F. The van der Waals surface area contributed by atoms with Crippen molar-refractivity contribution < 1.29 is 35.9 Å². The molecule has 0 radical (unpaired) electrons. The maximum absolute atomic E-state index is 13.3. The summed E-state index contributed by atoms with van der Waals surface area (Å²) in [7, 11) is -3.96. The van der Waals surface area contributed by atoms with Gasteiger partial charge in [0.15, 0.2) is 0 Å². The summed E-state index contributed by atoms with van der Waals surface area (Å²) in [5, 5.41) is 0. The van der Waals surface area contributed by atoms with E-state index in [1.54, 1.807) is 30.3 Å². The first-order valence-electron chi connectivity index (χ1n) is 8.91. The molecule has 2 aromatic carbocycles. The number of carbonyl (C=O) groups excluding carboxylic acids is 1. The smallest absolute Gasteiger partial charge is 0.430 e. The minimum atomic E-state index is -4.85. The number of nitrogens with one attached hydrogen (secondary N) is 1. The molecule has 0 aromatic heterocycles. The number of hydrogen-bond acceptors (Lipinski definition) is 5. The molecule has 1 aliphatic heterocycles. The fraction of sp³-hybridized carbons (Fsp3) is 0.250. The number of hydrogen-bond donors (Lipinski definition) is 1. The maximum atomic E-state index is 13.3. The van der Waals surface area contributed by atoms with Crippen molar-refractivity contribution in [2.45, 2.75) is 30.6 Å². The number of halogens is 3. The molecule has 160 valence electrons. The zero-order valence-electron chi connectivity index (χ0n) is 15.8. The number of rotatable bonds is 6. The van der Waals surface area contributed by atoms with Gasteiger partial charge in [0.1, 0.15) is 5.75 Å². The number of alkyl halides is 3. The van der Waals surface area contributed by atoms with Crippen LogP contribution in [0.1, 0.15) is 18.1 Å². The van der Waals surface area contributed by atoms with Crippen molar-refractivity contribution in [1.29, 1.82) is 0 Å². The first kappa shape index (κ1) is 21.8. The number of fused-ring (bicyclic) bond motifs is 1. The van der Waals surface area contributed by atoms with Crippen LogP contribution in [0, 0.1) is 0 Å². The first-order chi connectivity index (χ1) is 14.1. The summed E-state index contributed by atoms with van der Waals surface area (Å²) in [5.41, 5.74) is 0.0182. The van der Waals surface area contributed by atoms with Gasteiger partial charge >= 0.3 is 12.1 Å². The highest BCUT2D eigenvalue weighted by atomic mass is 32.2. The van der Waals surface area contributed by atoms with Crippen molar-refractivity contribution >= 4 is 22.1 Å². The standard InChI is InChI=1S/C20H18F3NO5S/c1-2-28-19(25)16-11-14-10-15(8-9-17(14)29-18(16)20(21,22)23)30(26,27)24-12-13-6-4-3-5-7-13/h3-11,18,24H,2,12H2,1H3. The number of esters is 1. The second kappa shape index (κ2) is 8.49. The Morgan fingerprint density at radius 2 is 1.87 bits per heavy atom. The van der Waals surface area contributed by atoms with Crippen molar-refractivity contribution in [3.05, 3.63) is 65.2 Å². The van der Waals surface area contributed by atoms with Crippen LogP contribution in [0.5, 0.6) is 5.75 Å². The van der Waals surface area contributed by atoms with Crippen LogP contribution in [0.25, 0.3) is 6.08 Å². The third-order valence-electron chi connectivity index (χ3n) is 4.25. The van der Waals surface area contributed by atoms with Gasteiger partial charge in [-0.15, -0.1) is 0 Å². The van der Waals surface area contributed by atoms with Crippen molar-refractivity contribution in [2.75, 3.05) is 6.61 Å². The van der Waals surface area contributed by atoms with Crippen LogP contribution in [0.4, 0.5) is 13.2 Å². The molecular weight excluding hydrogens is 423 g/mol. The first-order valence-corrected chi connectivity index (χ1v) is 10.4. The number of carbonyl (C=O) groups is 1.